The number of hydrogen-bond donors (Lipinski definition) is 1. The Labute approximate surface area is 137 Å². The summed E-state index contributed by atoms with van der Waals surface area (Å²) < 4.78 is 1.87. The first kappa shape index (κ1) is 17.5. The highest BCUT2D eigenvalue weighted by molar-refractivity contribution is 5.95. The molecule has 2 heterocycles. The highest BCUT2D eigenvalue weighted by atomic mass is 16.4. The first-order valence-corrected chi connectivity index (χ1v) is 8.34. The van der Waals surface area contributed by atoms with Crippen LogP contribution < -0.4 is 0 Å². The number of aryl methyl sites for hydroxylation is 1. The number of rotatable bonds is 5. The predicted molar refractivity (Wildman–Crippen MR) is 87.2 cm³/mol. The fourth-order valence-electron chi connectivity index (χ4n) is 3.13. The number of piperidine rings is 1. The fraction of sp³-hybridized carbons (Fsp3) is 0.706. The summed E-state index contributed by atoms with van der Waals surface area (Å²) in [5.41, 5.74) is 1.45. The SMILES string of the molecule is Cc1c(C(=O)N2CC(C)CC(C(=O)O)C2)cnn1CCC(C)C. The van der Waals surface area contributed by atoms with Crippen LogP contribution in [-0.4, -0.2) is 44.8 Å². The lowest BCUT2D eigenvalue weighted by Gasteiger charge is -2.34. The summed E-state index contributed by atoms with van der Waals surface area (Å²) in [6.45, 7) is 9.91. The molecule has 0 bridgehead atoms. The van der Waals surface area contributed by atoms with E-state index in [-0.39, 0.29) is 18.4 Å². The van der Waals surface area contributed by atoms with Crippen molar-refractivity contribution in [2.75, 3.05) is 13.1 Å². The van der Waals surface area contributed by atoms with Gasteiger partial charge in [0.15, 0.2) is 0 Å². The summed E-state index contributed by atoms with van der Waals surface area (Å²) >= 11 is 0. The van der Waals surface area contributed by atoms with E-state index < -0.39 is 11.9 Å². The zero-order valence-electron chi connectivity index (χ0n) is 14.5. The van der Waals surface area contributed by atoms with Crippen LogP contribution in [0.1, 0.15) is 49.7 Å². The number of nitrogens with zero attached hydrogens (tertiary/aromatic N) is 3. The highest BCUT2D eigenvalue weighted by Gasteiger charge is 2.33. The van der Waals surface area contributed by atoms with Crippen molar-refractivity contribution < 1.29 is 14.7 Å². The number of hydrogen-bond acceptors (Lipinski definition) is 3. The molecular weight excluding hydrogens is 294 g/mol. The van der Waals surface area contributed by atoms with Gasteiger partial charge in [-0.25, -0.2) is 0 Å². The van der Waals surface area contributed by atoms with E-state index in [4.69, 9.17) is 0 Å². The van der Waals surface area contributed by atoms with Gasteiger partial charge in [-0.15, -0.1) is 0 Å². The van der Waals surface area contributed by atoms with Gasteiger partial charge in [-0.3, -0.25) is 14.3 Å². The fourth-order valence-corrected chi connectivity index (χ4v) is 3.13. The Morgan fingerprint density at radius 1 is 1.39 bits per heavy atom. The summed E-state index contributed by atoms with van der Waals surface area (Å²) in [6, 6.07) is 0. The summed E-state index contributed by atoms with van der Waals surface area (Å²) in [5, 5.41) is 13.6. The lowest BCUT2D eigenvalue weighted by atomic mass is 9.90. The summed E-state index contributed by atoms with van der Waals surface area (Å²) in [6.07, 6.45) is 3.26. The average molecular weight is 321 g/mol. The van der Waals surface area contributed by atoms with Crippen LogP contribution in [0.15, 0.2) is 6.20 Å². The Bertz CT molecular complexity index is 580. The third kappa shape index (κ3) is 4.12. The van der Waals surface area contributed by atoms with Crippen molar-refractivity contribution in [2.45, 2.75) is 47.1 Å². The van der Waals surface area contributed by atoms with Crippen LogP contribution in [0.5, 0.6) is 0 Å². The van der Waals surface area contributed by atoms with Crippen molar-refractivity contribution in [1.82, 2.24) is 14.7 Å². The monoisotopic (exact) mass is 321 g/mol. The molecule has 1 aromatic rings. The minimum atomic E-state index is -0.821. The van der Waals surface area contributed by atoms with Gasteiger partial charge < -0.3 is 10.0 Å². The molecule has 0 saturated carbocycles. The maximum atomic E-state index is 12.8. The second-order valence-corrected chi connectivity index (χ2v) is 7.14. The van der Waals surface area contributed by atoms with E-state index in [1.807, 2.05) is 18.5 Å². The van der Waals surface area contributed by atoms with Crippen LogP contribution >= 0.6 is 0 Å². The Kier molecular flexibility index (Phi) is 5.44. The number of carboxylic acid groups (broad SMARTS) is 1. The van der Waals surface area contributed by atoms with Gasteiger partial charge in [0.05, 0.1) is 17.7 Å². The van der Waals surface area contributed by atoms with Crippen LogP contribution in [-0.2, 0) is 11.3 Å². The van der Waals surface area contributed by atoms with E-state index in [0.29, 0.717) is 24.4 Å². The second-order valence-electron chi connectivity index (χ2n) is 7.14. The smallest absolute Gasteiger partial charge is 0.308 e. The molecule has 2 unspecified atom stereocenters. The topological polar surface area (TPSA) is 75.4 Å². The molecule has 1 amide bonds. The van der Waals surface area contributed by atoms with Crippen molar-refractivity contribution in [2.24, 2.45) is 17.8 Å². The molecule has 1 aliphatic heterocycles. The molecule has 0 spiro atoms. The van der Waals surface area contributed by atoms with E-state index in [0.717, 1.165) is 18.7 Å². The molecule has 0 aromatic carbocycles. The second kappa shape index (κ2) is 7.15. The number of aromatic nitrogens is 2. The van der Waals surface area contributed by atoms with Crippen LogP contribution in [0.2, 0.25) is 0 Å². The summed E-state index contributed by atoms with van der Waals surface area (Å²) in [5.74, 6) is -0.615. The molecule has 0 aliphatic carbocycles. The quantitative estimate of drug-likeness (QED) is 0.903. The number of amides is 1. The number of carbonyl (C=O) groups is 2. The lowest BCUT2D eigenvalue weighted by molar-refractivity contribution is -0.143. The molecule has 128 valence electrons. The number of aliphatic carboxylic acids is 1. The molecule has 1 aliphatic rings. The van der Waals surface area contributed by atoms with E-state index in [1.54, 1.807) is 11.1 Å². The van der Waals surface area contributed by atoms with Crippen molar-refractivity contribution in [3.63, 3.8) is 0 Å². The van der Waals surface area contributed by atoms with Crippen molar-refractivity contribution in [3.8, 4) is 0 Å². The first-order valence-electron chi connectivity index (χ1n) is 8.34. The molecule has 1 N–H and O–H groups in total. The van der Waals surface area contributed by atoms with Gasteiger partial charge in [0, 0.05) is 25.3 Å². The maximum absolute atomic E-state index is 12.8. The van der Waals surface area contributed by atoms with E-state index in [1.165, 1.54) is 0 Å². The standard InChI is InChI=1S/C17H27N3O3/c1-11(2)5-6-20-13(4)15(8-18-20)16(21)19-9-12(3)7-14(10-19)17(22)23/h8,11-12,14H,5-7,9-10H2,1-4H3,(H,22,23). The average Bonchev–Trinajstić information content (AvgIpc) is 2.84. The Balaban J connectivity index is 2.12. The molecule has 1 saturated heterocycles. The normalized spacial score (nSPS) is 21.7. The Hall–Kier alpha value is -1.85. The lowest BCUT2D eigenvalue weighted by Crippen LogP contribution is -2.45. The Morgan fingerprint density at radius 2 is 2.09 bits per heavy atom. The molecule has 0 radical (unpaired) electrons. The zero-order valence-corrected chi connectivity index (χ0v) is 14.5. The maximum Gasteiger partial charge on any atom is 0.308 e. The molecule has 2 rings (SSSR count). The van der Waals surface area contributed by atoms with Gasteiger partial charge in [0.25, 0.3) is 5.91 Å². The number of carboxylic acids is 1. The van der Waals surface area contributed by atoms with Crippen LogP contribution in [0.25, 0.3) is 0 Å². The van der Waals surface area contributed by atoms with Gasteiger partial charge in [-0.05, 0) is 31.6 Å². The molecule has 2 atom stereocenters. The van der Waals surface area contributed by atoms with E-state index in [9.17, 15) is 14.7 Å². The highest BCUT2D eigenvalue weighted by Crippen LogP contribution is 2.24. The molecule has 6 nitrogen and oxygen atoms in total. The number of likely N-dealkylation sites (tertiary alicyclic amines) is 1. The predicted octanol–water partition coefficient (Wildman–Crippen LogP) is 2.42. The summed E-state index contributed by atoms with van der Waals surface area (Å²) in [7, 11) is 0. The minimum Gasteiger partial charge on any atom is -0.481 e. The van der Waals surface area contributed by atoms with Crippen molar-refractivity contribution in [3.05, 3.63) is 17.5 Å². The van der Waals surface area contributed by atoms with Gasteiger partial charge in [-0.1, -0.05) is 20.8 Å². The molecule has 1 fully saturated rings. The van der Waals surface area contributed by atoms with Gasteiger partial charge in [0.1, 0.15) is 0 Å². The Morgan fingerprint density at radius 3 is 2.70 bits per heavy atom. The first-order chi connectivity index (χ1) is 10.8. The van der Waals surface area contributed by atoms with Crippen molar-refractivity contribution in [1.29, 1.82) is 0 Å². The van der Waals surface area contributed by atoms with Gasteiger partial charge >= 0.3 is 5.97 Å². The van der Waals surface area contributed by atoms with E-state index >= 15 is 0 Å². The van der Waals surface area contributed by atoms with Gasteiger partial charge in [0.2, 0.25) is 0 Å². The minimum absolute atomic E-state index is 0.101. The number of carbonyl (C=O) groups excluding carboxylic acids is 1. The van der Waals surface area contributed by atoms with Crippen molar-refractivity contribution >= 4 is 11.9 Å². The van der Waals surface area contributed by atoms with E-state index in [2.05, 4.69) is 18.9 Å². The van der Waals surface area contributed by atoms with Crippen LogP contribution in [0.3, 0.4) is 0 Å². The van der Waals surface area contributed by atoms with Crippen LogP contribution in [0, 0.1) is 24.7 Å². The van der Waals surface area contributed by atoms with Crippen LogP contribution in [0.4, 0.5) is 0 Å². The third-order valence-electron chi connectivity index (χ3n) is 4.55. The largest absolute Gasteiger partial charge is 0.481 e. The van der Waals surface area contributed by atoms with Gasteiger partial charge in [-0.2, -0.15) is 5.10 Å². The molecular formula is C17H27N3O3. The molecule has 1 aromatic heterocycles. The zero-order chi connectivity index (χ0) is 17.1. The molecule has 6 heteroatoms. The third-order valence-corrected chi connectivity index (χ3v) is 4.55. The summed E-state index contributed by atoms with van der Waals surface area (Å²) in [4.78, 5) is 25.7. The molecule has 23 heavy (non-hydrogen) atoms.